The van der Waals surface area contributed by atoms with E-state index >= 15 is 0 Å². The molecule has 0 spiro atoms. The zero-order chi connectivity index (χ0) is 16.8. The van der Waals surface area contributed by atoms with Gasteiger partial charge in [-0.15, -0.1) is 0 Å². The van der Waals surface area contributed by atoms with Crippen molar-refractivity contribution in [3.8, 4) is 5.75 Å². The molecule has 124 valence electrons. The minimum Gasteiger partial charge on any atom is -0.483 e. The van der Waals surface area contributed by atoms with Gasteiger partial charge in [-0.05, 0) is 25.0 Å². The molecule has 2 amide bonds. The summed E-state index contributed by atoms with van der Waals surface area (Å²) >= 11 is 0. The fraction of sp³-hybridized carbons (Fsp3) is 0.438. The number of likely N-dealkylation sites (tertiary alicyclic amines) is 1. The van der Waals surface area contributed by atoms with E-state index in [-0.39, 0.29) is 24.4 Å². The molecule has 1 aliphatic rings. The minimum atomic E-state index is -0.615. The Morgan fingerprint density at radius 2 is 2.04 bits per heavy atom. The van der Waals surface area contributed by atoms with Crippen LogP contribution in [-0.4, -0.2) is 49.5 Å². The molecule has 0 aliphatic carbocycles. The molecule has 1 heterocycles. The Bertz CT molecular complexity index is 602. The van der Waals surface area contributed by atoms with E-state index in [0.29, 0.717) is 30.8 Å². The maximum Gasteiger partial charge on any atom is 0.310 e. The first-order valence-electron chi connectivity index (χ1n) is 7.40. The lowest BCUT2D eigenvalue weighted by Crippen LogP contribution is -2.42. The first-order chi connectivity index (χ1) is 11.0. The van der Waals surface area contributed by atoms with Crippen LogP contribution >= 0.6 is 0 Å². The van der Waals surface area contributed by atoms with Crippen molar-refractivity contribution >= 4 is 17.8 Å². The normalized spacial score (nSPS) is 17.4. The number of carbonyl (C=O) groups excluding carboxylic acids is 3. The summed E-state index contributed by atoms with van der Waals surface area (Å²) < 4.78 is 10.1. The predicted octanol–water partition coefficient (Wildman–Crippen LogP) is 0.576. The molecule has 1 aromatic carbocycles. The van der Waals surface area contributed by atoms with Crippen molar-refractivity contribution in [2.75, 3.05) is 26.8 Å². The lowest BCUT2D eigenvalue weighted by molar-refractivity contribution is -0.146. The highest BCUT2D eigenvalue weighted by atomic mass is 16.5. The van der Waals surface area contributed by atoms with E-state index in [2.05, 4.69) is 0 Å². The molecule has 2 N–H and O–H groups in total. The third-order valence-electron chi connectivity index (χ3n) is 3.73. The quantitative estimate of drug-likeness (QED) is 0.800. The van der Waals surface area contributed by atoms with Gasteiger partial charge in [0.15, 0.2) is 6.61 Å². The fourth-order valence-electron chi connectivity index (χ4n) is 2.61. The molecular formula is C16H20N2O5. The molecule has 0 radical (unpaired) electrons. The zero-order valence-corrected chi connectivity index (χ0v) is 13.0. The summed E-state index contributed by atoms with van der Waals surface area (Å²) in [5, 5.41) is 0. The molecule has 0 bridgehead atoms. The van der Waals surface area contributed by atoms with Crippen molar-refractivity contribution in [3.63, 3.8) is 0 Å². The first-order valence-corrected chi connectivity index (χ1v) is 7.40. The minimum absolute atomic E-state index is 0.237. The number of primary amides is 1. The average Bonchev–Trinajstić information content (AvgIpc) is 2.59. The molecule has 0 aromatic heterocycles. The Hall–Kier alpha value is -2.57. The number of amides is 2. The maximum atomic E-state index is 12.7. The van der Waals surface area contributed by atoms with Crippen LogP contribution in [0.15, 0.2) is 24.3 Å². The van der Waals surface area contributed by atoms with Gasteiger partial charge in [-0.3, -0.25) is 14.4 Å². The summed E-state index contributed by atoms with van der Waals surface area (Å²) in [6.07, 6.45) is 1.44. The van der Waals surface area contributed by atoms with Crippen LogP contribution in [0.2, 0.25) is 0 Å². The highest BCUT2D eigenvalue weighted by Gasteiger charge is 2.30. The third kappa shape index (κ3) is 4.21. The molecule has 7 nitrogen and oxygen atoms in total. The van der Waals surface area contributed by atoms with E-state index in [0.717, 1.165) is 6.42 Å². The highest BCUT2D eigenvalue weighted by molar-refractivity contribution is 5.97. The maximum absolute atomic E-state index is 12.7. The van der Waals surface area contributed by atoms with E-state index in [4.69, 9.17) is 15.2 Å². The second-order valence-electron chi connectivity index (χ2n) is 5.36. The fourth-order valence-corrected chi connectivity index (χ4v) is 2.61. The smallest absolute Gasteiger partial charge is 0.310 e. The van der Waals surface area contributed by atoms with Crippen molar-refractivity contribution in [3.05, 3.63) is 29.8 Å². The van der Waals surface area contributed by atoms with Crippen LogP contribution < -0.4 is 10.5 Å². The van der Waals surface area contributed by atoms with Crippen LogP contribution in [0, 0.1) is 5.92 Å². The number of rotatable bonds is 5. The number of ether oxygens (including phenoxy) is 2. The number of nitrogens with zero attached hydrogens (tertiary/aromatic N) is 1. The third-order valence-corrected chi connectivity index (χ3v) is 3.73. The molecular weight excluding hydrogens is 300 g/mol. The van der Waals surface area contributed by atoms with Crippen LogP contribution in [-0.2, 0) is 14.3 Å². The Morgan fingerprint density at radius 3 is 2.74 bits per heavy atom. The van der Waals surface area contributed by atoms with Gasteiger partial charge in [0.05, 0.1) is 18.6 Å². The molecule has 0 saturated carbocycles. The Balaban J connectivity index is 2.13. The first kappa shape index (κ1) is 16.8. The molecule has 1 unspecified atom stereocenters. The lowest BCUT2D eigenvalue weighted by atomic mass is 9.97. The molecule has 1 atom stereocenters. The van der Waals surface area contributed by atoms with E-state index in [1.807, 2.05) is 0 Å². The molecule has 1 fully saturated rings. The SMILES string of the molecule is COC(=O)C1CCCN(C(=O)c2ccccc2OCC(N)=O)C1. The van der Waals surface area contributed by atoms with Crippen molar-refractivity contribution in [2.24, 2.45) is 11.7 Å². The number of hydrogen-bond donors (Lipinski definition) is 1. The van der Waals surface area contributed by atoms with E-state index in [1.54, 1.807) is 29.2 Å². The summed E-state index contributed by atoms with van der Waals surface area (Å²) in [6.45, 7) is 0.585. The number of carbonyl (C=O) groups is 3. The second kappa shape index (κ2) is 7.62. The van der Waals surface area contributed by atoms with E-state index in [9.17, 15) is 14.4 Å². The second-order valence-corrected chi connectivity index (χ2v) is 5.36. The number of nitrogens with two attached hydrogens (primary N) is 1. The van der Waals surface area contributed by atoms with Crippen LogP contribution in [0.3, 0.4) is 0 Å². The predicted molar refractivity (Wildman–Crippen MR) is 81.8 cm³/mol. The average molecular weight is 320 g/mol. The summed E-state index contributed by atoms with van der Waals surface area (Å²) in [5.41, 5.74) is 5.41. The monoisotopic (exact) mass is 320 g/mol. The summed E-state index contributed by atoms with van der Waals surface area (Å²) in [6, 6.07) is 6.66. The topological polar surface area (TPSA) is 98.9 Å². The van der Waals surface area contributed by atoms with Crippen LogP contribution in [0.25, 0.3) is 0 Å². The van der Waals surface area contributed by atoms with Gasteiger partial charge < -0.3 is 20.1 Å². The van der Waals surface area contributed by atoms with Gasteiger partial charge in [-0.2, -0.15) is 0 Å². The largest absolute Gasteiger partial charge is 0.483 e. The van der Waals surface area contributed by atoms with Gasteiger partial charge in [-0.25, -0.2) is 0 Å². The molecule has 1 aliphatic heterocycles. The molecule has 1 saturated heterocycles. The number of methoxy groups -OCH3 is 1. The summed E-state index contributed by atoms with van der Waals surface area (Å²) in [4.78, 5) is 36.8. The standard InChI is InChI=1S/C16H20N2O5/c1-22-16(21)11-5-4-8-18(9-11)15(20)12-6-2-3-7-13(12)23-10-14(17)19/h2-3,6-7,11H,4-5,8-10H2,1H3,(H2,17,19). The van der Waals surface area contributed by atoms with Crippen molar-refractivity contribution in [2.45, 2.75) is 12.8 Å². The van der Waals surface area contributed by atoms with Crippen LogP contribution in [0.5, 0.6) is 5.75 Å². The number of piperidine rings is 1. The number of para-hydroxylation sites is 1. The lowest BCUT2D eigenvalue weighted by Gasteiger charge is -2.31. The molecule has 1 aromatic rings. The Labute approximate surface area is 134 Å². The molecule has 7 heteroatoms. The van der Waals surface area contributed by atoms with Crippen LogP contribution in [0.4, 0.5) is 0 Å². The van der Waals surface area contributed by atoms with Crippen molar-refractivity contribution < 1.29 is 23.9 Å². The van der Waals surface area contributed by atoms with Crippen molar-refractivity contribution in [1.29, 1.82) is 0 Å². The Kier molecular flexibility index (Phi) is 5.56. The van der Waals surface area contributed by atoms with Crippen molar-refractivity contribution in [1.82, 2.24) is 4.90 Å². The number of benzene rings is 1. The highest BCUT2D eigenvalue weighted by Crippen LogP contribution is 2.24. The van der Waals surface area contributed by atoms with Gasteiger partial charge in [0, 0.05) is 13.1 Å². The van der Waals surface area contributed by atoms with E-state index < -0.39 is 5.91 Å². The number of hydrogen-bond acceptors (Lipinski definition) is 5. The van der Waals surface area contributed by atoms with Gasteiger partial charge in [0.1, 0.15) is 5.75 Å². The van der Waals surface area contributed by atoms with Gasteiger partial charge in [0.2, 0.25) is 0 Å². The Morgan fingerprint density at radius 1 is 1.30 bits per heavy atom. The van der Waals surface area contributed by atoms with Gasteiger partial charge >= 0.3 is 5.97 Å². The summed E-state index contributed by atoms with van der Waals surface area (Å²) in [7, 11) is 1.34. The van der Waals surface area contributed by atoms with E-state index in [1.165, 1.54) is 7.11 Å². The number of esters is 1. The van der Waals surface area contributed by atoms with Gasteiger partial charge in [-0.1, -0.05) is 12.1 Å². The molecule has 23 heavy (non-hydrogen) atoms. The summed E-state index contributed by atoms with van der Waals surface area (Å²) in [5.74, 6) is -1.16. The zero-order valence-electron chi connectivity index (χ0n) is 13.0. The van der Waals surface area contributed by atoms with Crippen LogP contribution in [0.1, 0.15) is 23.2 Å². The molecule has 2 rings (SSSR count). The van der Waals surface area contributed by atoms with Gasteiger partial charge in [0.25, 0.3) is 11.8 Å².